The van der Waals surface area contributed by atoms with Gasteiger partial charge in [0.25, 0.3) is 10.0 Å². The number of carbonyl (C=O) groups is 1. The molecule has 3 aromatic rings. The van der Waals surface area contributed by atoms with Crippen LogP contribution in [0.5, 0.6) is 0 Å². The highest BCUT2D eigenvalue weighted by molar-refractivity contribution is 7.92. The molecule has 4 rings (SSSR count). The normalized spacial score (nSPS) is 16.1. The Kier molecular flexibility index (Phi) is 5.99. The lowest BCUT2D eigenvalue weighted by Crippen LogP contribution is -2.33. The number of fused-ring (bicyclic) bond motifs is 2. The second-order valence-electron chi connectivity index (χ2n) is 7.68. The number of para-hydroxylation sites is 1. The van der Waals surface area contributed by atoms with Crippen LogP contribution in [0.3, 0.4) is 0 Å². The second-order valence-corrected chi connectivity index (χ2v) is 9.54. The summed E-state index contributed by atoms with van der Waals surface area (Å²) in [5.41, 5.74) is 12.3. The number of aryl methyl sites for hydroxylation is 1. The molecule has 0 saturated heterocycles. The Labute approximate surface area is 187 Å². The molecular weight excluding hydrogens is 424 g/mol. The van der Waals surface area contributed by atoms with E-state index in [0.29, 0.717) is 16.8 Å². The SMILES string of the molecule is Cc1ccc(S(=O)(=O)N2CCC(=O)c3ccccc3C(CN=[N+]=[N-])c3ccccc32)cc1. The average Bonchev–Trinajstić information content (AvgIpc) is 2.85. The van der Waals surface area contributed by atoms with Crippen molar-refractivity contribution in [3.05, 3.63) is 105 Å². The van der Waals surface area contributed by atoms with Gasteiger partial charge in [-0.3, -0.25) is 9.10 Å². The van der Waals surface area contributed by atoms with Crippen LogP contribution in [0.4, 0.5) is 5.69 Å². The molecule has 3 aromatic carbocycles. The summed E-state index contributed by atoms with van der Waals surface area (Å²) in [7, 11) is -3.92. The van der Waals surface area contributed by atoms with Gasteiger partial charge in [-0.15, -0.1) is 0 Å². The summed E-state index contributed by atoms with van der Waals surface area (Å²) in [6.07, 6.45) is 0.0324. The van der Waals surface area contributed by atoms with Crippen LogP contribution < -0.4 is 4.31 Å². The summed E-state index contributed by atoms with van der Waals surface area (Å²) in [5.74, 6) is -0.612. The van der Waals surface area contributed by atoms with Crippen LogP contribution in [0.15, 0.2) is 82.8 Å². The zero-order chi connectivity index (χ0) is 22.7. The second kappa shape index (κ2) is 8.86. The molecule has 1 aliphatic rings. The molecule has 0 N–H and O–H groups in total. The number of carbonyl (C=O) groups excluding carboxylic acids is 1. The summed E-state index contributed by atoms with van der Waals surface area (Å²) in [5, 5.41) is 3.78. The lowest BCUT2D eigenvalue weighted by molar-refractivity contribution is 0.0985. The number of sulfonamides is 1. The minimum absolute atomic E-state index is 0.00856. The maximum atomic E-state index is 13.7. The quantitative estimate of drug-likeness (QED) is 0.312. The van der Waals surface area contributed by atoms with Crippen molar-refractivity contribution in [3.63, 3.8) is 0 Å². The maximum Gasteiger partial charge on any atom is 0.264 e. The highest BCUT2D eigenvalue weighted by Gasteiger charge is 2.32. The summed E-state index contributed by atoms with van der Waals surface area (Å²) >= 11 is 0. The predicted molar refractivity (Wildman–Crippen MR) is 123 cm³/mol. The van der Waals surface area contributed by atoms with E-state index in [2.05, 4.69) is 10.0 Å². The van der Waals surface area contributed by atoms with Gasteiger partial charge in [0, 0.05) is 35.9 Å². The molecule has 0 aromatic heterocycles. The first-order valence-electron chi connectivity index (χ1n) is 10.2. The third-order valence-corrected chi connectivity index (χ3v) is 7.52. The zero-order valence-corrected chi connectivity index (χ0v) is 18.4. The van der Waals surface area contributed by atoms with Gasteiger partial charge in [-0.1, -0.05) is 65.3 Å². The first-order chi connectivity index (χ1) is 15.4. The Morgan fingerprint density at radius 2 is 1.66 bits per heavy atom. The molecule has 0 amide bonds. The third-order valence-electron chi connectivity index (χ3n) is 5.70. The fourth-order valence-electron chi connectivity index (χ4n) is 4.09. The summed E-state index contributed by atoms with van der Waals surface area (Å²) in [6, 6.07) is 21.0. The van der Waals surface area contributed by atoms with Crippen LogP contribution in [0, 0.1) is 6.92 Å². The first-order valence-corrected chi connectivity index (χ1v) is 11.7. The van der Waals surface area contributed by atoms with E-state index >= 15 is 0 Å². The van der Waals surface area contributed by atoms with E-state index < -0.39 is 15.9 Å². The van der Waals surface area contributed by atoms with E-state index in [9.17, 15) is 13.2 Å². The van der Waals surface area contributed by atoms with Crippen molar-refractivity contribution >= 4 is 21.5 Å². The van der Waals surface area contributed by atoms with Gasteiger partial charge < -0.3 is 0 Å². The van der Waals surface area contributed by atoms with Crippen LogP contribution in [-0.2, 0) is 10.0 Å². The highest BCUT2D eigenvalue weighted by Crippen LogP contribution is 2.38. The van der Waals surface area contributed by atoms with Gasteiger partial charge in [-0.05, 0) is 41.8 Å². The van der Waals surface area contributed by atoms with Crippen molar-refractivity contribution in [1.29, 1.82) is 0 Å². The van der Waals surface area contributed by atoms with Crippen LogP contribution in [-0.4, -0.2) is 27.3 Å². The zero-order valence-electron chi connectivity index (χ0n) is 17.5. The molecule has 32 heavy (non-hydrogen) atoms. The molecule has 0 radical (unpaired) electrons. The lowest BCUT2D eigenvalue weighted by atomic mass is 9.86. The Bertz CT molecular complexity index is 1310. The molecule has 0 saturated carbocycles. The van der Waals surface area contributed by atoms with Gasteiger partial charge in [-0.25, -0.2) is 8.42 Å². The molecule has 7 nitrogen and oxygen atoms in total. The topological polar surface area (TPSA) is 103 Å². The minimum Gasteiger partial charge on any atom is -0.294 e. The molecule has 0 aliphatic carbocycles. The Hall–Kier alpha value is -3.61. The maximum absolute atomic E-state index is 13.7. The van der Waals surface area contributed by atoms with Crippen LogP contribution in [0.1, 0.15) is 39.4 Å². The molecule has 0 fully saturated rings. The van der Waals surface area contributed by atoms with Gasteiger partial charge in [0.05, 0.1) is 10.6 Å². The number of hydrogen-bond donors (Lipinski definition) is 0. The summed E-state index contributed by atoms with van der Waals surface area (Å²) in [4.78, 5) is 16.2. The number of azide groups is 1. The number of ketones is 1. The molecule has 162 valence electrons. The third kappa shape index (κ3) is 3.98. The highest BCUT2D eigenvalue weighted by atomic mass is 32.2. The van der Waals surface area contributed by atoms with Gasteiger partial charge >= 0.3 is 0 Å². The fraction of sp³-hybridized carbons (Fsp3) is 0.208. The number of rotatable bonds is 4. The van der Waals surface area contributed by atoms with Gasteiger partial charge in [0.2, 0.25) is 0 Å². The largest absolute Gasteiger partial charge is 0.294 e. The number of hydrogen-bond acceptors (Lipinski definition) is 4. The Morgan fingerprint density at radius 3 is 2.38 bits per heavy atom. The molecule has 1 aliphatic heterocycles. The molecule has 1 unspecified atom stereocenters. The van der Waals surface area contributed by atoms with Gasteiger partial charge in [0.15, 0.2) is 5.78 Å². The average molecular weight is 447 g/mol. The van der Waals surface area contributed by atoms with E-state index in [4.69, 9.17) is 5.53 Å². The van der Waals surface area contributed by atoms with Crippen LogP contribution in [0.25, 0.3) is 10.4 Å². The van der Waals surface area contributed by atoms with E-state index in [0.717, 1.165) is 11.1 Å². The van der Waals surface area contributed by atoms with Gasteiger partial charge in [0.1, 0.15) is 0 Å². The minimum atomic E-state index is -3.92. The molecule has 1 atom stereocenters. The van der Waals surface area contributed by atoms with Crippen molar-refractivity contribution in [2.45, 2.75) is 24.2 Å². The molecule has 8 heteroatoms. The Balaban J connectivity index is 1.95. The van der Waals surface area contributed by atoms with Crippen LogP contribution >= 0.6 is 0 Å². The summed E-state index contributed by atoms with van der Waals surface area (Å²) in [6.45, 7) is 1.97. The lowest BCUT2D eigenvalue weighted by Gasteiger charge is -2.28. The van der Waals surface area contributed by atoms with E-state index in [1.807, 2.05) is 31.2 Å². The number of anilines is 1. The molecule has 1 heterocycles. The molecule has 0 bridgehead atoms. The Morgan fingerprint density at radius 1 is 1.00 bits per heavy atom. The monoisotopic (exact) mass is 446 g/mol. The molecular formula is C24H22N4O3S. The van der Waals surface area contributed by atoms with E-state index in [1.165, 1.54) is 4.31 Å². The first kappa shape index (κ1) is 21.6. The summed E-state index contributed by atoms with van der Waals surface area (Å²) < 4.78 is 28.6. The van der Waals surface area contributed by atoms with E-state index in [-0.39, 0.29) is 30.2 Å². The number of benzene rings is 3. The molecule has 0 spiro atoms. The standard InChI is InChI=1S/C24H22N4O3S/c1-17-10-12-18(13-11-17)32(30,31)28-15-14-24(29)21-8-3-2-6-19(21)22(16-26-27-25)20-7-4-5-9-23(20)28/h2-13,22H,14-16H2,1H3. The van der Waals surface area contributed by atoms with Crippen molar-refractivity contribution < 1.29 is 13.2 Å². The smallest absolute Gasteiger partial charge is 0.264 e. The van der Waals surface area contributed by atoms with Crippen molar-refractivity contribution in [2.75, 3.05) is 17.4 Å². The van der Waals surface area contributed by atoms with Crippen LogP contribution in [0.2, 0.25) is 0 Å². The fourth-order valence-corrected chi connectivity index (χ4v) is 5.58. The van der Waals surface area contributed by atoms with Gasteiger partial charge in [-0.2, -0.15) is 0 Å². The number of nitrogens with zero attached hydrogens (tertiary/aromatic N) is 4. The van der Waals surface area contributed by atoms with E-state index in [1.54, 1.807) is 48.5 Å². The van der Waals surface area contributed by atoms with Crippen molar-refractivity contribution in [3.8, 4) is 0 Å². The predicted octanol–water partition coefficient (Wildman–Crippen LogP) is 5.22. The van der Waals surface area contributed by atoms with Crippen molar-refractivity contribution in [2.24, 2.45) is 5.11 Å². The van der Waals surface area contributed by atoms with Crippen molar-refractivity contribution in [1.82, 2.24) is 0 Å². The number of Topliss-reactive ketones (excluding diaryl/α,β-unsaturated/α-hetero) is 1.